The molecule has 1 N–H and O–H groups in total. The minimum Gasteiger partial charge on any atom is -0.317 e. The smallest absolute Gasteiger partial charge is 0.150 e. The zero-order valence-electron chi connectivity index (χ0n) is 12.0. The zero-order chi connectivity index (χ0) is 13.6. The Labute approximate surface area is 112 Å². The van der Waals surface area contributed by atoms with Crippen LogP contribution in [0.2, 0.25) is 0 Å². The van der Waals surface area contributed by atoms with Gasteiger partial charge >= 0.3 is 0 Å². The first-order valence-corrected chi connectivity index (χ1v) is 8.94. The monoisotopic (exact) mass is 276 g/mol. The molecule has 0 spiro atoms. The molecule has 1 fully saturated rings. The first-order valence-electron chi connectivity index (χ1n) is 7.12. The number of nitrogens with one attached hydrogen (secondary N) is 1. The van der Waals surface area contributed by atoms with Gasteiger partial charge in [0, 0.05) is 18.3 Å². The second kappa shape index (κ2) is 7.46. The van der Waals surface area contributed by atoms with Crippen LogP contribution in [0.3, 0.4) is 0 Å². The van der Waals surface area contributed by atoms with E-state index >= 15 is 0 Å². The minimum absolute atomic E-state index is 0.270. The summed E-state index contributed by atoms with van der Waals surface area (Å²) in [6, 6.07) is 0.630. The van der Waals surface area contributed by atoms with Crippen molar-refractivity contribution in [3.05, 3.63) is 0 Å². The van der Waals surface area contributed by atoms with Crippen molar-refractivity contribution in [1.82, 2.24) is 10.2 Å². The first-order chi connectivity index (χ1) is 8.52. The number of likely N-dealkylation sites (tertiary alicyclic amines) is 1. The van der Waals surface area contributed by atoms with Crippen LogP contribution < -0.4 is 5.32 Å². The molecule has 2 unspecified atom stereocenters. The van der Waals surface area contributed by atoms with E-state index in [1.807, 2.05) is 7.05 Å². The quantitative estimate of drug-likeness (QED) is 0.757. The number of sulfone groups is 1. The molecular formula is C13H28N2O2S. The summed E-state index contributed by atoms with van der Waals surface area (Å²) >= 11 is 0. The maximum absolute atomic E-state index is 11.4. The second-order valence-corrected chi connectivity index (χ2v) is 7.72. The summed E-state index contributed by atoms with van der Waals surface area (Å²) in [5.74, 6) is 1.31. The van der Waals surface area contributed by atoms with E-state index in [4.69, 9.17) is 0 Å². The molecule has 0 aromatic carbocycles. The van der Waals surface area contributed by atoms with E-state index in [0.717, 1.165) is 26.1 Å². The van der Waals surface area contributed by atoms with E-state index in [2.05, 4.69) is 17.1 Å². The molecule has 2 atom stereocenters. The van der Waals surface area contributed by atoms with Crippen molar-refractivity contribution in [2.24, 2.45) is 5.92 Å². The Balaban J connectivity index is 2.32. The van der Waals surface area contributed by atoms with Crippen LogP contribution in [0.1, 0.15) is 33.1 Å². The van der Waals surface area contributed by atoms with Crippen LogP contribution in [0.5, 0.6) is 0 Å². The number of hydrogen-bond donors (Lipinski definition) is 1. The van der Waals surface area contributed by atoms with Crippen LogP contribution in [-0.4, -0.2) is 57.5 Å². The van der Waals surface area contributed by atoms with Crippen LogP contribution in [0.15, 0.2) is 0 Å². The molecule has 0 bridgehead atoms. The highest BCUT2D eigenvalue weighted by Crippen LogP contribution is 2.20. The third-order valence-electron chi connectivity index (χ3n) is 4.08. The highest BCUT2D eigenvalue weighted by atomic mass is 32.2. The SMILES string of the molecule is CCC1CN(CCCS(=O)(=O)CC)CCC1NC. The summed E-state index contributed by atoms with van der Waals surface area (Å²) < 4.78 is 22.9. The lowest BCUT2D eigenvalue weighted by Crippen LogP contribution is -2.48. The Morgan fingerprint density at radius 2 is 2.06 bits per heavy atom. The normalized spacial score (nSPS) is 26.4. The van der Waals surface area contributed by atoms with Crippen molar-refractivity contribution >= 4 is 9.84 Å². The molecule has 0 aromatic rings. The van der Waals surface area contributed by atoms with E-state index in [0.29, 0.717) is 17.7 Å². The lowest BCUT2D eigenvalue weighted by Gasteiger charge is -2.38. The highest BCUT2D eigenvalue weighted by Gasteiger charge is 2.26. The van der Waals surface area contributed by atoms with Gasteiger partial charge in [0.2, 0.25) is 0 Å². The van der Waals surface area contributed by atoms with Gasteiger partial charge in [0.05, 0.1) is 5.75 Å². The van der Waals surface area contributed by atoms with Gasteiger partial charge in [-0.1, -0.05) is 20.3 Å². The molecule has 0 amide bonds. The van der Waals surface area contributed by atoms with Crippen LogP contribution in [-0.2, 0) is 9.84 Å². The number of rotatable bonds is 7. The molecule has 1 aliphatic heterocycles. The minimum atomic E-state index is -2.79. The Kier molecular flexibility index (Phi) is 6.60. The summed E-state index contributed by atoms with van der Waals surface area (Å²) in [5, 5.41) is 3.39. The van der Waals surface area contributed by atoms with Gasteiger partial charge in [-0.25, -0.2) is 8.42 Å². The maximum atomic E-state index is 11.4. The summed E-state index contributed by atoms with van der Waals surface area (Å²) in [6.07, 6.45) is 3.14. The van der Waals surface area contributed by atoms with Crippen molar-refractivity contribution in [3.8, 4) is 0 Å². The van der Waals surface area contributed by atoms with E-state index in [-0.39, 0.29) is 5.75 Å². The zero-order valence-corrected chi connectivity index (χ0v) is 12.8. The fourth-order valence-electron chi connectivity index (χ4n) is 2.76. The summed E-state index contributed by atoms with van der Waals surface area (Å²) in [4.78, 5) is 2.42. The number of hydrogen-bond acceptors (Lipinski definition) is 4. The molecular weight excluding hydrogens is 248 g/mol. The molecule has 0 saturated carbocycles. The predicted octanol–water partition coefficient (Wildman–Crippen LogP) is 1.13. The van der Waals surface area contributed by atoms with Crippen molar-refractivity contribution < 1.29 is 8.42 Å². The van der Waals surface area contributed by atoms with Gasteiger partial charge < -0.3 is 10.2 Å². The van der Waals surface area contributed by atoms with E-state index in [1.54, 1.807) is 6.92 Å². The lowest BCUT2D eigenvalue weighted by molar-refractivity contribution is 0.139. The second-order valence-electron chi connectivity index (χ2n) is 5.24. The molecule has 1 rings (SSSR count). The van der Waals surface area contributed by atoms with Crippen molar-refractivity contribution in [2.75, 3.05) is 38.2 Å². The average Bonchev–Trinajstić information content (AvgIpc) is 2.38. The van der Waals surface area contributed by atoms with Crippen LogP contribution >= 0.6 is 0 Å². The first kappa shape index (κ1) is 15.9. The lowest BCUT2D eigenvalue weighted by atomic mass is 9.90. The Bertz CT molecular complexity index is 330. The van der Waals surface area contributed by atoms with Gasteiger partial charge in [0.15, 0.2) is 0 Å². The van der Waals surface area contributed by atoms with Crippen LogP contribution in [0, 0.1) is 5.92 Å². The molecule has 18 heavy (non-hydrogen) atoms. The molecule has 4 nitrogen and oxygen atoms in total. The van der Waals surface area contributed by atoms with E-state index in [9.17, 15) is 8.42 Å². The molecule has 108 valence electrons. The van der Waals surface area contributed by atoms with Crippen molar-refractivity contribution in [1.29, 1.82) is 0 Å². The van der Waals surface area contributed by atoms with Gasteiger partial charge in [-0.15, -0.1) is 0 Å². The standard InChI is InChI=1S/C13H28N2O2S/c1-4-12-11-15(9-7-13(12)14-3)8-6-10-18(16,17)5-2/h12-14H,4-11H2,1-3H3. The fraction of sp³-hybridized carbons (Fsp3) is 1.00. The predicted molar refractivity (Wildman–Crippen MR) is 76.6 cm³/mol. The molecule has 0 aliphatic carbocycles. The van der Waals surface area contributed by atoms with Gasteiger partial charge in [-0.05, 0) is 38.9 Å². The van der Waals surface area contributed by atoms with Crippen molar-refractivity contribution in [2.45, 2.75) is 39.2 Å². The Hall–Kier alpha value is -0.130. The van der Waals surface area contributed by atoms with Gasteiger partial charge in [0.25, 0.3) is 0 Å². The van der Waals surface area contributed by atoms with Crippen LogP contribution in [0.25, 0.3) is 0 Å². The molecule has 5 heteroatoms. The average molecular weight is 276 g/mol. The summed E-state index contributed by atoms with van der Waals surface area (Å²) in [7, 11) is -0.755. The largest absolute Gasteiger partial charge is 0.317 e. The Morgan fingerprint density at radius 1 is 1.33 bits per heavy atom. The number of piperidine rings is 1. The fourth-order valence-corrected chi connectivity index (χ4v) is 3.61. The molecule has 1 heterocycles. The van der Waals surface area contributed by atoms with Gasteiger partial charge in [-0.3, -0.25) is 0 Å². The molecule has 1 saturated heterocycles. The topological polar surface area (TPSA) is 49.4 Å². The van der Waals surface area contributed by atoms with E-state index < -0.39 is 9.84 Å². The molecule has 0 aromatic heterocycles. The third kappa shape index (κ3) is 4.86. The van der Waals surface area contributed by atoms with Crippen molar-refractivity contribution in [3.63, 3.8) is 0 Å². The van der Waals surface area contributed by atoms with Gasteiger partial charge in [0.1, 0.15) is 9.84 Å². The van der Waals surface area contributed by atoms with Crippen LogP contribution in [0.4, 0.5) is 0 Å². The number of nitrogens with zero attached hydrogens (tertiary/aromatic N) is 1. The highest BCUT2D eigenvalue weighted by molar-refractivity contribution is 7.91. The third-order valence-corrected chi connectivity index (χ3v) is 5.87. The molecule has 1 aliphatic rings. The Morgan fingerprint density at radius 3 is 2.61 bits per heavy atom. The van der Waals surface area contributed by atoms with Gasteiger partial charge in [-0.2, -0.15) is 0 Å². The summed E-state index contributed by atoms with van der Waals surface area (Å²) in [5.41, 5.74) is 0. The van der Waals surface area contributed by atoms with E-state index in [1.165, 1.54) is 12.8 Å². The maximum Gasteiger partial charge on any atom is 0.150 e. The summed E-state index contributed by atoms with van der Waals surface area (Å²) in [6.45, 7) is 7.08. The molecule has 0 radical (unpaired) electrons.